The van der Waals surface area contributed by atoms with Crippen molar-refractivity contribution in [3.63, 3.8) is 0 Å². The monoisotopic (exact) mass is 378 g/mol. The van der Waals surface area contributed by atoms with Crippen LogP contribution in [0.5, 0.6) is 0 Å². The van der Waals surface area contributed by atoms with Crippen molar-refractivity contribution in [3.05, 3.63) is 44.3 Å². The Morgan fingerprint density at radius 1 is 1.08 bits per heavy atom. The lowest BCUT2D eigenvalue weighted by Gasteiger charge is -2.34. The first-order valence-corrected chi connectivity index (χ1v) is 10.3. The van der Waals surface area contributed by atoms with Crippen LogP contribution in [0.15, 0.2) is 29.0 Å². The highest BCUT2D eigenvalue weighted by Gasteiger charge is 2.26. The van der Waals surface area contributed by atoms with Crippen molar-refractivity contribution in [3.8, 4) is 0 Å². The number of hydrogen-bond donors (Lipinski definition) is 1. The number of rotatable bonds is 5. The quantitative estimate of drug-likeness (QED) is 0.847. The number of nitrogens with zero attached hydrogens (tertiary/aromatic N) is 2. The molecule has 3 rings (SSSR count). The largest absolute Gasteiger partial charge is 0.334 e. The van der Waals surface area contributed by atoms with E-state index in [0.29, 0.717) is 32.7 Å². The first kappa shape index (κ1) is 18.1. The lowest BCUT2D eigenvalue weighted by Crippen LogP contribution is -3.08. The number of likely N-dealkylation sites (N-methyl/N-ethyl adjacent to an activating group) is 1. The topological polar surface area (TPSA) is 45.1 Å². The molecule has 1 fully saturated rings. The summed E-state index contributed by atoms with van der Waals surface area (Å²) in [4.78, 5) is 31.9. The average molecular weight is 379 g/mol. The lowest BCUT2D eigenvalue weighted by atomic mass is 10.2. The van der Waals surface area contributed by atoms with Gasteiger partial charge in [0.15, 0.2) is 6.54 Å². The molecule has 1 unspecified atom stereocenters. The second kappa shape index (κ2) is 8.12. The Morgan fingerprint density at radius 3 is 2.40 bits per heavy atom. The first-order valence-electron chi connectivity index (χ1n) is 8.49. The van der Waals surface area contributed by atoms with Crippen molar-refractivity contribution in [2.45, 2.75) is 13.5 Å². The van der Waals surface area contributed by atoms with Crippen LogP contribution in [0.4, 0.5) is 0 Å². The summed E-state index contributed by atoms with van der Waals surface area (Å²) in [5.74, 6) is 0.257. The third-order valence-electron chi connectivity index (χ3n) is 4.54. The minimum atomic E-state index is 0.0815. The number of hydrogen-bond acceptors (Lipinski definition) is 4. The maximum atomic E-state index is 12.5. The maximum absolute atomic E-state index is 12.5. The highest BCUT2D eigenvalue weighted by Crippen LogP contribution is 2.14. The highest BCUT2D eigenvalue weighted by molar-refractivity contribution is 7.12. The molecule has 2 amide bonds. The molecule has 1 aliphatic heterocycles. The van der Waals surface area contributed by atoms with Gasteiger partial charge in [-0.25, -0.2) is 0 Å². The lowest BCUT2D eigenvalue weighted by molar-refractivity contribution is -0.885. The van der Waals surface area contributed by atoms with Crippen molar-refractivity contribution < 1.29 is 14.5 Å². The van der Waals surface area contributed by atoms with Crippen LogP contribution in [-0.2, 0) is 11.3 Å². The van der Waals surface area contributed by atoms with Gasteiger partial charge in [0.2, 0.25) is 0 Å². The normalized spacial score (nSPS) is 16.1. The minimum Gasteiger partial charge on any atom is -0.334 e. The molecule has 5 nitrogen and oxygen atoms in total. The van der Waals surface area contributed by atoms with Crippen LogP contribution in [0, 0.1) is 6.92 Å². The van der Waals surface area contributed by atoms with E-state index >= 15 is 0 Å². The first-order chi connectivity index (χ1) is 12.0. The van der Waals surface area contributed by atoms with Crippen molar-refractivity contribution in [1.82, 2.24) is 9.80 Å². The molecule has 2 aromatic heterocycles. The molecule has 0 radical (unpaired) electrons. The molecule has 0 aromatic carbocycles. The van der Waals surface area contributed by atoms with Gasteiger partial charge in [0.25, 0.3) is 11.8 Å². The number of carbonyl (C=O) groups is 2. The van der Waals surface area contributed by atoms with Crippen LogP contribution in [-0.4, -0.2) is 61.4 Å². The zero-order valence-corrected chi connectivity index (χ0v) is 16.3. The second-order valence-electron chi connectivity index (χ2n) is 6.49. The molecule has 0 saturated carbocycles. The van der Waals surface area contributed by atoms with E-state index in [2.05, 4.69) is 25.4 Å². The Morgan fingerprint density at radius 2 is 1.80 bits per heavy atom. The van der Waals surface area contributed by atoms with E-state index in [1.807, 2.05) is 27.3 Å². The van der Waals surface area contributed by atoms with Crippen LogP contribution < -0.4 is 4.90 Å². The van der Waals surface area contributed by atoms with Crippen LogP contribution in [0.3, 0.4) is 0 Å². The van der Waals surface area contributed by atoms with E-state index in [1.54, 1.807) is 11.3 Å². The number of piperazine rings is 1. The molecule has 7 heteroatoms. The summed E-state index contributed by atoms with van der Waals surface area (Å²) >= 11 is 3.22. The maximum Gasteiger partial charge on any atom is 0.277 e. The van der Waals surface area contributed by atoms with Gasteiger partial charge in [0.05, 0.1) is 16.8 Å². The summed E-state index contributed by atoms with van der Waals surface area (Å²) < 4.78 is 0. The molecule has 134 valence electrons. The Hall–Kier alpha value is -1.70. The molecule has 1 saturated heterocycles. The number of amides is 2. The molecule has 1 aliphatic rings. The predicted octanol–water partition coefficient (Wildman–Crippen LogP) is 1.12. The molecular weight excluding hydrogens is 354 g/mol. The minimum absolute atomic E-state index is 0.0815. The zero-order valence-electron chi connectivity index (χ0n) is 14.7. The Bertz CT molecular complexity index is 719. The number of carbonyl (C=O) groups excluding carboxylic acids is 2. The Kier molecular flexibility index (Phi) is 5.88. The molecule has 1 atom stereocenters. The van der Waals surface area contributed by atoms with Gasteiger partial charge in [-0.15, -0.1) is 22.7 Å². The van der Waals surface area contributed by atoms with Crippen LogP contribution in [0.2, 0.25) is 0 Å². The number of nitrogens with one attached hydrogen (secondary N) is 1. The highest BCUT2D eigenvalue weighted by atomic mass is 32.1. The number of quaternary nitrogens is 1. The molecule has 2 aromatic rings. The van der Waals surface area contributed by atoms with E-state index < -0.39 is 0 Å². The average Bonchev–Trinajstić information content (AvgIpc) is 3.27. The van der Waals surface area contributed by atoms with E-state index in [0.717, 1.165) is 11.4 Å². The van der Waals surface area contributed by atoms with Crippen LogP contribution in [0.1, 0.15) is 20.1 Å². The summed E-state index contributed by atoms with van der Waals surface area (Å²) in [5, 5.41) is 4.02. The Balaban J connectivity index is 1.46. The van der Waals surface area contributed by atoms with Gasteiger partial charge in [-0.1, -0.05) is 6.07 Å². The fourth-order valence-electron chi connectivity index (χ4n) is 3.01. The van der Waals surface area contributed by atoms with Crippen molar-refractivity contribution in [2.24, 2.45) is 0 Å². The summed E-state index contributed by atoms with van der Waals surface area (Å²) in [6, 6.07) is 5.87. The van der Waals surface area contributed by atoms with E-state index in [9.17, 15) is 9.59 Å². The Labute approximate surface area is 156 Å². The number of aryl methyl sites for hydroxylation is 1. The van der Waals surface area contributed by atoms with Crippen LogP contribution in [0.25, 0.3) is 0 Å². The van der Waals surface area contributed by atoms with Gasteiger partial charge in [-0.2, -0.15) is 0 Å². The zero-order chi connectivity index (χ0) is 17.8. The van der Waals surface area contributed by atoms with Gasteiger partial charge in [-0.3, -0.25) is 9.59 Å². The van der Waals surface area contributed by atoms with Crippen molar-refractivity contribution >= 4 is 34.5 Å². The third kappa shape index (κ3) is 4.48. The molecule has 3 heterocycles. The molecule has 1 N–H and O–H groups in total. The van der Waals surface area contributed by atoms with E-state index in [4.69, 9.17) is 0 Å². The van der Waals surface area contributed by atoms with Gasteiger partial charge in [0, 0.05) is 26.2 Å². The van der Waals surface area contributed by atoms with Crippen LogP contribution >= 0.6 is 22.7 Å². The molecular formula is C18H24N3O2S2+. The third-order valence-corrected chi connectivity index (χ3v) is 6.42. The molecule has 0 aliphatic carbocycles. The van der Waals surface area contributed by atoms with Gasteiger partial charge in [-0.05, 0) is 35.4 Å². The van der Waals surface area contributed by atoms with Gasteiger partial charge >= 0.3 is 0 Å². The number of thiophene rings is 2. The smallest absolute Gasteiger partial charge is 0.277 e. The molecule has 25 heavy (non-hydrogen) atoms. The molecule has 0 spiro atoms. The van der Waals surface area contributed by atoms with Gasteiger partial charge in [0.1, 0.15) is 6.54 Å². The SMILES string of the molecule is Cc1ccsc1C[NH+](C)CC(=O)N1CCN(C(=O)c2cccs2)CC1. The predicted molar refractivity (Wildman–Crippen MR) is 101 cm³/mol. The fourth-order valence-corrected chi connectivity index (χ4v) is 4.72. The second-order valence-corrected chi connectivity index (χ2v) is 8.44. The summed E-state index contributed by atoms with van der Waals surface area (Å²) in [7, 11) is 2.06. The van der Waals surface area contributed by atoms with Gasteiger partial charge < -0.3 is 14.7 Å². The van der Waals surface area contributed by atoms with E-state index in [1.165, 1.54) is 26.7 Å². The van der Waals surface area contributed by atoms with Crippen molar-refractivity contribution in [1.29, 1.82) is 0 Å². The van der Waals surface area contributed by atoms with Crippen molar-refractivity contribution in [2.75, 3.05) is 39.8 Å². The standard InChI is InChI=1S/C18H23N3O2S2/c1-14-5-11-25-16(14)12-19(2)13-17(22)20-6-8-21(9-7-20)18(23)15-4-3-10-24-15/h3-5,10-11H,6-9,12-13H2,1-2H3/p+1. The summed E-state index contributed by atoms with van der Waals surface area (Å²) in [6.45, 7) is 5.98. The fraction of sp³-hybridized carbons (Fsp3) is 0.444. The summed E-state index contributed by atoms with van der Waals surface area (Å²) in [5.41, 5.74) is 1.30. The molecule has 0 bridgehead atoms. The summed E-state index contributed by atoms with van der Waals surface area (Å²) in [6.07, 6.45) is 0. The van der Waals surface area contributed by atoms with E-state index in [-0.39, 0.29) is 11.8 Å².